The van der Waals surface area contributed by atoms with E-state index >= 15 is 0 Å². The van der Waals surface area contributed by atoms with Crippen LogP contribution in [0.25, 0.3) is 0 Å². The van der Waals surface area contributed by atoms with Gasteiger partial charge in [-0.1, -0.05) is 30.3 Å². The Labute approximate surface area is 100 Å². The standard InChI is InChI=1S/C12H12N2O2S/c13-17(15,16)12-7-4-8-14-11(12)9-10-5-2-1-3-6-10/h1-8H,9H2,(H2,13,15,16). The van der Waals surface area contributed by atoms with Crippen LogP contribution in [-0.4, -0.2) is 13.4 Å². The van der Waals surface area contributed by atoms with Gasteiger partial charge in [-0.3, -0.25) is 4.98 Å². The van der Waals surface area contributed by atoms with E-state index in [1.54, 1.807) is 12.3 Å². The van der Waals surface area contributed by atoms with Crippen LogP contribution < -0.4 is 5.14 Å². The zero-order valence-corrected chi connectivity index (χ0v) is 9.89. The summed E-state index contributed by atoms with van der Waals surface area (Å²) in [7, 11) is -3.72. The van der Waals surface area contributed by atoms with Crippen LogP contribution in [0.3, 0.4) is 0 Å². The van der Waals surface area contributed by atoms with E-state index in [0.29, 0.717) is 12.1 Å². The topological polar surface area (TPSA) is 73.1 Å². The number of hydrogen-bond donors (Lipinski definition) is 1. The van der Waals surface area contributed by atoms with Crippen LogP contribution in [0.4, 0.5) is 0 Å². The number of hydrogen-bond acceptors (Lipinski definition) is 3. The molecule has 2 aromatic rings. The summed E-state index contributed by atoms with van der Waals surface area (Å²) >= 11 is 0. The van der Waals surface area contributed by atoms with Gasteiger partial charge >= 0.3 is 0 Å². The van der Waals surface area contributed by atoms with Gasteiger partial charge in [-0.05, 0) is 17.7 Å². The van der Waals surface area contributed by atoms with Crippen molar-refractivity contribution in [1.82, 2.24) is 4.98 Å². The van der Waals surface area contributed by atoms with Gasteiger partial charge in [0.2, 0.25) is 10.0 Å². The molecule has 0 aliphatic heterocycles. The summed E-state index contributed by atoms with van der Waals surface area (Å²) in [4.78, 5) is 4.17. The Kier molecular flexibility index (Phi) is 3.21. The molecule has 0 amide bonds. The van der Waals surface area contributed by atoms with Gasteiger partial charge in [0.1, 0.15) is 4.90 Å². The van der Waals surface area contributed by atoms with E-state index in [2.05, 4.69) is 4.98 Å². The Hall–Kier alpha value is -1.72. The van der Waals surface area contributed by atoms with Crippen molar-refractivity contribution in [3.05, 3.63) is 59.9 Å². The number of primary sulfonamides is 1. The minimum absolute atomic E-state index is 0.0869. The van der Waals surface area contributed by atoms with Gasteiger partial charge in [0.15, 0.2) is 0 Å². The normalized spacial score (nSPS) is 11.4. The second-order valence-electron chi connectivity index (χ2n) is 3.66. The number of rotatable bonds is 3. The van der Waals surface area contributed by atoms with Crippen molar-refractivity contribution < 1.29 is 8.42 Å². The zero-order valence-electron chi connectivity index (χ0n) is 9.08. The maximum Gasteiger partial charge on any atom is 0.239 e. The lowest BCUT2D eigenvalue weighted by Crippen LogP contribution is -2.15. The van der Waals surface area contributed by atoms with Crippen LogP contribution in [0.2, 0.25) is 0 Å². The van der Waals surface area contributed by atoms with Gasteiger partial charge in [-0.25, -0.2) is 13.6 Å². The highest BCUT2D eigenvalue weighted by molar-refractivity contribution is 7.89. The second kappa shape index (κ2) is 4.65. The molecule has 0 spiro atoms. The number of nitrogens with two attached hydrogens (primary N) is 1. The minimum Gasteiger partial charge on any atom is -0.260 e. The first-order valence-electron chi connectivity index (χ1n) is 5.08. The van der Waals surface area contributed by atoms with Crippen molar-refractivity contribution in [3.63, 3.8) is 0 Å². The Morgan fingerprint density at radius 3 is 2.41 bits per heavy atom. The van der Waals surface area contributed by atoms with E-state index in [0.717, 1.165) is 5.56 Å². The molecule has 5 heteroatoms. The first kappa shape index (κ1) is 11.8. The van der Waals surface area contributed by atoms with E-state index in [4.69, 9.17) is 5.14 Å². The quantitative estimate of drug-likeness (QED) is 0.890. The molecule has 88 valence electrons. The van der Waals surface area contributed by atoms with Gasteiger partial charge in [0.25, 0.3) is 0 Å². The molecule has 1 aromatic carbocycles. The molecule has 0 fully saturated rings. The summed E-state index contributed by atoms with van der Waals surface area (Å²) in [5, 5.41) is 5.14. The third-order valence-corrected chi connectivity index (χ3v) is 3.35. The second-order valence-corrected chi connectivity index (χ2v) is 5.19. The molecular weight excluding hydrogens is 236 g/mol. The van der Waals surface area contributed by atoms with Crippen molar-refractivity contribution in [2.45, 2.75) is 11.3 Å². The molecule has 1 aromatic heterocycles. The monoisotopic (exact) mass is 248 g/mol. The Morgan fingerprint density at radius 1 is 1.06 bits per heavy atom. The highest BCUT2D eigenvalue weighted by Crippen LogP contribution is 2.15. The van der Waals surface area contributed by atoms with Gasteiger partial charge in [0, 0.05) is 12.6 Å². The SMILES string of the molecule is NS(=O)(=O)c1cccnc1Cc1ccccc1. The maximum atomic E-state index is 11.4. The minimum atomic E-state index is -3.72. The summed E-state index contributed by atoms with van der Waals surface area (Å²) in [5.41, 5.74) is 1.47. The highest BCUT2D eigenvalue weighted by Gasteiger charge is 2.14. The van der Waals surface area contributed by atoms with Crippen LogP contribution >= 0.6 is 0 Å². The molecule has 2 rings (SSSR count). The Morgan fingerprint density at radius 2 is 1.76 bits per heavy atom. The highest BCUT2D eigenvalue weighted by atomic mass is 32.2. The molecule has 0 saturated carbocycles. The smallest absolute Gasteiger partial charge is 0.239 e. The number of nitrogens with zero attached hydrogens (tertiary/aromatic N) is 1. The predicted molar refractivity (Wildman–Crippen MR) is 64.9 cm³/mol. The van der Waals surface area contributed by atoms with E-state index < -0.39 is 10.0 Å². The molecule has 0 bridgehead atoms. The molecule has 0 aliphatic rings. The van der Waals surface area contributed by atoms with Crippen LogP contribution in [0, 0.1) is 0 Å². The average molecular weight is 248 g/mol. The molecular formula is C12H12N2O2S. The summed E-state index contributed by atoms with van der Waals surface area (Å²) in [6, 6.07) is 12.6. The van der Waals surface area contributed by atoms with Gasteiger partial charge in [-0.15, -0.1) is 0 Å². The van der Waals surface area contributed by atoms with Gasteiger partial charge in [0.05, 0.1) is 5.69 Å². The van der Waals surface area contributed by atoms with Crippen molar-refractivity contribution >= 4 is 10.0 Å². The van der Waals surface area contributed by atoms with E-state index in [-0.39, 0.29) is 4.90 Å². The summed E-state index contributed by atoms with van der Waals surface area (Å²) in [6.07, 6.45) is 2.01. The summed E-state index contributed by atoms with van der Waals surface area (Å²) in [5.74, 6) is 0. The lowest BCUT2D eigenvalue weighted by molar-refractivity contribution is 0.596. The first-order valence-corrected chi connectivity index (χ1v) is 6.62. The van der Waals surface area contributed by atoms with Crippen LogP contribution in [0.1, 0.15) is 11.3 Å². The molecule has 0 aliphatic carbocycles. The largest absolute Gasteiger partial charge is 0.260 e. The molecule has 2 N–H and O–H groups in total. The average Bonchev–Trinajstić information content (AvgIpc) is 2.30. The number of aromatic nitrogens is 1. The zero-order chi connectivity index (χ0) is 12.3. The van der Waals surface area contributed by atoms with Crippen LogP contribution in [-0.2, 0) is 16.4 Å². The lowest BCUT2D eigenvalue weighted by atomic mass is 10.1. The molecule has 4 nitrogen and oxygen atoms in total. The van der Waals surface area contributed by atoms with Crippen molar-refractivity contribution in [3.8, 4) is 0 Å². The van der Waals surface area contributed by atoms with Gasteiger partial charge in [-0.2, -0.15) is 0 Å². The fraction of sp³-hybridized carbons (Fsp3) is 0.0833. The first-order chi connectivity index (χ1) is 8.07. The van der Waals surface area contributed by atoms with E-state index in [9.17, 15) is 8.42 Å². The fourth-order valence-electron chi connectivity index (χ4n) is 1.60. The van der Waals surface area contributed by atoms with Gasteiger partial charge < -0.3 is 0 Å². The molecule has 0 unspecified atom stereocenters. The Bertz CT molecular complexity index is 609. The van der Waals surface area contributed by atoms with Crippen LogP contribution in [0.15, 0.2) is 53.6 Å². The number of benzene rings is 1. The van der Waals surface area contributed by atoms with E-state index in [1.807, 2.05) is 30.3 Å². The van der Waals surface area contributed by atoms with Crippen molar-refractivity contribution in [1.29, 1.82) is 0 Å². The molecule has 1 heterocycles. The maximum absolute atomic E-state index is 11.4. The third kappa shape index (κ3) is 2.89. The molecule has 17 heavy (non-hydrogen) atoms. The molecule has 0 radical (unpaired) electrons. The number of sulfonamides is 1. The summed E-state index contributed by atoms with van der Waals surface area (Å²) < 4.78 is 22.8. The summed E-state index contributed by atoms with van der Waals surface area (Å²) in [6.45, 7) is 0. The number of pyridine rings is 1. The van der Waals surface area contributed by atoms with Crippen molar-refractivity contribution in [2.24, 2.45) is 5.14 Å². The fourth-order valence-corrected chi connectivity index (χ4v) is 2.33. The lowest BCUT2D eigenvalue weighted by Gasteiger charge is -2.06. The van der Waals surface area contributed by atoms with E-state index in [1.165, 1.54) is 6.07 Å². The molecule has 0 atom stereocenters. The van der Waals surface area contributed by atoms with Crippen molar-refractivity contribution in [2.75, 3.05) is 0 Å². The predicted octanol–water partition coefficient (Wildman–Crippen LogP) is 1.32. The Balaban J connectivity index is 2.41. The molecule has 0 saturated heterocycles. The van der Waals surface area contributed by atoms with Crippen LogP contribution in [0.5, 0.6) is 0 Å². The third-order valence-electron chi connectivity index (χ3n) is 2.37.